The summed E-state index contributed by atoms with van der Waals surface area (Å²) in [6.45, 7) is 2.90. The Morgan fingerprint density at radius 3 is 1.42 bits per heavy atom. The predicted molar refractivity (Wildman–Crippen MR) is 119 cm³/mol. The Morgan fingerprint density at radius 2 is 1.10 bits per heavy atom. The summed E-state index contributed by atoms with van der Waals surface area (Å²) in [4.78, 5) is 47.3. The van der Waals surface area contributed by atoms with Crippen LogP contribution in [0.1, 0.15) is 52.1 Å². The maximum atomic E-state index is 12.1. The number of rotatable bonds is 10. The second-order valence-corrected chi connectivity index (χ2v) is 6.81. The lowest BCUT2D eigenvalue weighted by Gasteiger charge is -2.06. The molecule has 0 bridgehead atoms. The molecule has 0 atom stereocenters. The molecule has 6 heteroatoms. The molecule has 0 amide bonds. The van der Waals surface area contributed by atoms with E-state index in [0.717, 1.165) is 0 Å². The Hall–Kier alpha value is -3.80. The summed E-state index contributed by atoms with van der Waals surface area (Å²) in [6.07, 6.45) is 5.49. The Labute approximate surface area is 181 Å². The number of allylic oxidation sites excluding steroid dienone is 2. The van der Waals surface area contributed by atoms with E-state index in [0.29, 0.717) is 33.8 Å². The van der Waals surface area contributed by atoms with Gasteiger partial charge in [-0.15, -0.1) is 0 Å². The summed E-state index contributed by atoms with van der Waals surface area (Å²) in [7, 11) is 2.93. The van der Waals surface area contributed by atoms with Crippen molar-refractivity contribution in [3.05, 3.63) is 70.8 Å². The van der Waals surface area contributed by atoms with Gasteiger partial charge in [-0.1, -0.05) is 24.3 Å². The molecule has 0 spiro atoms. The van der Waals surface area contributed by atoms with E-state index in [9.17, 15) is 19.2 Å². The van der Waals surface area contributed by atoms with Crippen molar-refractivity contribution in [1.29, 1.82) is 0 Å². The predicted octanol–water partition coefficient (Wildman–Crippen LogP) is 4.36. The zero-order valence-corrected chi connectivity index (χ0v) is 17.9. The number of methoxy groups -OCH3 is 2. The van der Waals surface area contributed by atoms with Crippen LogP contribution in [0.3, 0.4) is 0 Å². The van der Waals surface area contributed by atoms with E-state index < -0.39 is 0 Å². The van der Waals surface area contributed by atoms with Crippen molar-refractivity contribution in [2.75, 3.05) is 14.2 Å². The van der Waals surface area contributed by atoms with Gasteiger partial charge in [0.05, 0.1) is 31.8 Å². The molecule has 2 rings (SSSR count). The minimum absolute atomic E-state index is 0.116. The summed E-state index contributed by atoms with van der Waals surface area (Å²) in [5.74, 6) is -0.0917. The Balaban J connectivity index is 2.02. The van der Waals surface area contributed by atoms with Crippen molar-refractivity contribution in [2.24, 2.45) is 0 Å². The van der Waals surface area contributed by atoms with Crippen molar-refractivity contribution < 1.29 is 28.7 Å². The van der Waals surface area contributed by atoms with Crippen molar-refractivity contribution in [3.8, 4) is 11.5 Å². The fourth-order valence-electron chi connectivity index (χ4n) is 2.87. The highest BCUT2D eigenvalue weighted by Crippen LogP contribution is 2.22. The first-order valence-electron chi connectivity index (χ1n) is 9.55. The molecule has 0 aliphatic carbocycles. The summed E-state index contributed by atoms with van der Waals surface area (Å²) in [6, 6.07) is 9.96. The quantitative estimate of drug-likeness (QED) is 0.322. The highest BCUT2D eigenvalue weighted by molar-refractivity contribution is 6.11. The standard InChI is InChI=1S/C25H24O6/c1-16(26)22-11-7-18(13-24(22)30-3)5-9-20(28)15-21(29)10-6-19-8-12-23(17(2)27)25(14-19)31-4/h5-14H,15H2,1-4H3/b9-5+,10-6+. The largest absolute Gasteiger partial charge is 0.496 e. The van der Waals surface area contributed by atoms with Crippen LogP contribution in [-0.2, 0) is 9.59 Å². The number of hydrogen-bond acceptors (Lipinski definition) is 6. The zero-order valence-electron chi connectivity index (χ0n) is 17.9. The smallest absolute Gasteiger partial charge is 0.163 e. The third-order valence-corrected chi connectivity index (χ3v) is 4.48. The van der Waals surface area contributed by atoms with E-state index >= 15 is 0 Å². The van der Waals surface area contributed by atoms with Gasteiger partial charge in [-0.3, -0.25) is 19.2 Å². The average Bonchev–Trinajstić information content (AvgIpc) is 2.75. The summed E-state index contributed by atoms with van der Waals surface area (Å²) in [5, 5.41) is 0. The van der Waals surface area contributed by atoms with Crippen LogP contribution in [-0.4, -0.2) is 37.4 Å². The van der Waals surface area contributed by atoms with Gasteiger partial charge in [0.15, 0.2) is 23.1 Å². The molecule has 0 unspecified atom stereocenters. The second-order valence-electron chi connectivity index (χ2n) is 6.81. The van der Waals surface area contributed by atoms with Crippen LogP contribution in [0.2, 0.25) is 0 Å². The van der Waals surface area contributed by atoms with E-state index in [2.05, 4.69) is 0 Å². The van der Waals surface area contributed by atoms with Gasteiger partial charge in [-0.25, -0.2) is 0 Å². The molecule has 0 aromatic heterocycles. The molecule has 0 saturated carbocycles. The molecule has 0 saturated heterocycles. The molecule has 0 aliphatic rings. The molecular weight excluding hydrogens is 396 g/mol. The molecule has 2 aromatic rings. The fourth-order valence-corrected chi connectivity index (χ4v) is 2.87. The van der Waals surface area contributed by atoms with Crippen LogP contribution in [0.25, 0.3) is 12.2 Å². The Bertz CT molecular complexity index is 990. The zero-order chi connectivity index (χ0) is 23.0. The maximum Gasteiger partial charge on any atom is 0.163 e. The highest BCUT2D eigenvalue weighted by Gasteiger charge is 2.10. The first-order valence-corrected chi connectivity index (χ1v) is 9.55. The number of Topliss-reactive ketones (excluding diaryl/α,β-unsaturated/α-hetero) is 2. The summed E-state index contributed by atoms with van der Waals surface area (Å²) < 4.78 is 10.4. The molecule has 0 fully saturated rings. The van der Waals surface area contributed by atoms with E-state index in [4.69, 9.17) is 9.47 Å². The van der Waals surface area contributed by atoms with E-state index in [1.165, 1.54) is 40.2 Å². The lowest BCUT2D eigenvalue weighted by atomic mass is 10.1. The molecule has 2 aromatic carbocycles. The van der Waals surface area contributed by atoms with Gasteiger partial charge in [-0.2, -0.15) is 0 Å². The molecule has 31 heavy (non-hydrogen) atoms. The van der Waals surface area contributed by atoms with Crippen LogP contribution < -0.4 is 9.47 Å². The van der Waals surface area contributed by atoms with Crippen LogP contribution >= 0.6 is 0 Å². The molecular formula is C25H24O6. The minimum atomic E-state index is -0.353. The molecule has 160 valence electrons. The minimum Gasteiger partial charge on any atom is -0.496 e. The number of carbonyl (C=O) groups is 4. The van der Waals surface area contributed by atoms with Gasteiger partial charge in [0.1, 0.15) is 11.5 Å². The number of hydrogen-bond donors (Lipinski definition) is 0. The molecule has 0 N–H and O–H groups in total. The van der Waals surface area contributed by atoms with Crippen LogP contribution in [0.15, 0.2) is 48.6 Å². The third-order valence-electron chi connectivity index (χ3n) is 4.48. The molecule has 0 aliphatic heterocycles. The van der Waals surface area contributed by atoms with Gasteiger partial charge < -0.3 is 9.47 Å². The van der Waals surface area contributed by atoms with E-state index in [1.54, 1.807) is 48.6 Å². The topological polar surface area (TPSA) is 86.7 Å². The number of carbonyl (C=O) groups excluding carboxylic acids is 4. The molecule has 0 radical (unpaired) electrons. The summed E-state index contributed by atoms with van der Waals surface area (Å²) >= 11 is 0. The van der Waals surface area contributed by atoms with Crippen molar-refractivity contribution in [1.82, 2.24) is 0 Å². The first kappa shape index (κ1) is 23.5. The lowest BCUT2D eigenvalue weighted by Crippen LogP contribution is -2.02. The van der Waals surface area contributed by atoms with Gasteiger partial charge >= 0.3 is 0 Å². The normalized spacial score (nSPS) is 11.0. The maximum absolute atomic E-state index is 12.1. The van der Waals surface area contributed by atoms with E-state index in [-0.39, 0.29) is 29.6 Å². The van der Waals surface area contributed by atoms with Gasteiger partial charge in [0.2, 0.25) is 0 Å². The van der Waals surface area contributed by atoms with Crippen LogP contribution in [0, 0.1) is 0 Å². The van der Waals surface area contributed by atoms with Gasteiger partial charge in [-0.05, 0) is 61.4 Å². The van der Waals surface area contributed by atoms with Crippen LogP contribution in [0.5, 0.6) is 11.5 Å². The van der Waals surface area contributed by atoms with Crippen molar-refractivity contribution in [3.63, 3.8) is 0 Å². The third kappa shape index (κ3) is 6.60. The highest BCUT2D eigenvalue weighted by atomic mass is 16.5. The monoisotopic (exact) mass is 420 g/mol. The molecule has 0 heterocycles. The number of ether oxygens (including phenoxy) is 2. The van der Waals surface area contributed by atoms with Crippen LogP contribution in [0.4, 0.5) is 0 Å². The first-order chi connectivity index (χ1) is 14.7. The average molecular weight is 420 g/mol. The lowest BCUT2D eigenvalue weighted by molar-refractivity contribution is -0.121. The number of ketones is 4. The van der Waals surface area contributed by atoms with Gasteiger partial charge in [0.25, 0.3) is 0 Å². The SMILES string of the molecule is COc1cc(/C=C/C(=O)CC(=O)/C=C/c2ccc(C(C)=O)c(OC)c2)ccc1C(C)=O. The van der Waals surface area contributed by atoms with E-state index in [1.807, 2.05) is 0 Å². The fraction of sp³-hybridized carbons (Fsp3) is 0.200. The Kier molecular flexibility index (Phi) is 8.20. The summed E-state index contributed by atoms with van der Waals surface area (Å²) in [5.41, 5.74) is 2.27. The van der Waals surface area contributed by atoms with Gasteiger partial charge in [0, 0.05) is 0 Å². The second kappa shape index (κ2) is 10.8. The van der Waals surface area contributed by atoms with Crippen molar-refractivity contribution in [2.45, 2.75) is 20.3 Å². The molecule has 6 nitrogen and oxygen atoms in total. The number of benzene rings is 2. The van der Waals surface area contributed by atoms with Crippen molar-refractivity contribution >= 4 is 35.3 Å². The Morgan fingerprint density at radius 1 is 0.710 bits per heavy atom.